The first-order chi connectivity index (χ1) is 14.8. The molecule has 31 heavy (non-hydrogen) atoms. The first-order valence-corrected chi connectivity index (χ1v) is 12.1. The molecule has 0 aliphatic rings. The van der Waals surface area contributed by atoms with E-state index in [1.807, 2.05) is 0 Å². The van der Waals surface area contributed by atoms with E-state index in [9.17, 15) is 0 Å². The van der Waals surface area contributed by atoms with E-state index in [1.165, 1.54) is 75.6 Å². The zero-order chi connectivity index (χ0) is 21.3. The standard InChI is InChI=1S/C28H40N2.Ni/c1-3-5-7-9-10-18-24-28(30-26-21-15-12-16-22-26)27(23-17-8-6-4-2)29-25-19-13-11-14-20-25;/h11-16,19-22H,3-10,17-18,23-24H2,1-2H3;. The Balaban J connectivity index is 0.00000480. The van der Waals surface area contributed by atoms with Gasteiger partial charge in [-0.3, -0.25) is 9.98 Å². The SMILES string of the molecule is CCCCCCCCC(=Nc1ccccc1)C(CCCCCC)=Nc1ccccc1.[Ni]. The molecule has 0 N–H and O–H groups in total. The molecule has 0 bridgehead atoms. The van der Waals surface area contributed by atoms with Crippen molar-refractivity contribution < 1.29 is 16.5 Å². The van der Waals surface area contributed by atoms with Gasteiger partial charge in [-0.1, -0.05) is 102 Å². The van der Waals surface area contributed by atoms with Crippen molar-refractivity contribution in [2.75, 3.05) is 0 Å². The van der Waals surface area contributed by atoms with Gasteiger partial charge in [0, 0.05) is 16.5 Å². The van der Waals surface area contributed by atoms with Gasteiger partial charge >= 0.3 is 0 Å². The number of para-hydroxylation sites is 2. The summed E-state index contributed by atoms with van der Waals surface area (Å²) in [5.74, 6) is 0. The van der Waals surface area contributed by atoms with Crippen LogP contribution < -0.4 is 0 Å². The van der Waals surface area contributed by atoms with Crippen molar-refractivity contribution in [2.45, 2.75) is 90.9 Å². The van der Waals surface area contributed by atoms with Crippen LogP contribution in [0.15, 0.2) is 70.6 Å². The number of hydrogen-bond donors (Lipinski definition) is 0. The van der Waals surface area contributed by atoms with Crippen molar-refractivity contribution in [3.05, 3.63) is 60.7 Å². The minimum Gasteiger partial charge on any atom is -0.252 e. The molecule has 0 unspecified atom stereocenters. The monoisotopic (exact) mass is 462 g/mol. The Morgan fingerprint density at radius 1 is 0.516 bits per heavy atom. The zero-order valence-electron chi connectivity index (χ0n) is 19.5. The summed E-state index contributed by atoms with van der Waals surface area (Å²) < 4.78 is 0. The smallest absolute Gasteiger partial charge is 0.0633 e. The number of nitrogens with zero attached hydrogens (tertiary/aromatic N) is 2. The number of aliphatic imine (C=N–C) groups is 2. The fourth-order valence-electron chi connectivity index (χ4n) is 3.64. The van der Waals surface area contributed by atoms with E-state index in [0.29, 0.717) is 0 Å². The maximum Gasteiger partial charge on any atom is 0.0633 e. The Hall–Kier alpha value is -1.73. The van der Waals surface area contributed by atoms with Crippen LogP contribution in [0.4, 0.5) is 11.4 Å². The molecule has 172 valence electrons. The van der Waals surface area contributed by atoms with E-state index in [1.54, 1.807) is 0 Å². The minimum absolute atomic E-state index is 0. The number of rotatable bonds is 15. The average Bonchev–Trinajstić information content (AvgIpc) is 2.79. The van der Waals surface area contributed by atoms with Gasteiger partial charge in [-0.05, 0) is 49.9 Å². The molecular formula is C28H40N2Ni. The molecule has 0 spiro atoms. The van der Waals surface area contributed by atoms with Gasteiger partial charge in [0.25, 0.3) is 0 Å². The summed E-state index contributed by atoms with van der Waals surface area (Å²) >= 11 is 0. The Kier molecular flexibility index (Phi) is 15.8. The molecule has 0 radical (unpaired) electrons. The summed E-state index contributed by atoms with van der Waals surface area (Å²) in [5.41, 5.74) is 4.42. The predicted octanol–water partition coefficient (Wildman–Crippen LogP) is 9.25. The molecule has 0 heterocycles. The maximum atomic E-state index is 5.07. The fourth-order valence-corrected chi connectivity index (χ4v) is 3.64. The molecule has 2 nitrogen and oxygen atoms in total. The van der Waals surface area contributed by atoms with E-state index in [4.69, 9.17) is 9.98 Å². The number of hydrogen-bond acceptors (Lipinski definition) is 2. The van der Waals surface area contributed by atoms with Crippen molar-refractivity contribution in [3.63, 3.8) is 0 Å². The average molecular weight is 463 g/mol. The molecule has 0 aromatic heterocycles. The van der Waals surface area contributed by atoms with Crippen molar-refractivity contribution >= 4 is 22.8 Å². The van der Waals surface area contributed by atoms with Crippen molar-refractivity contribution in [1.82, 2.24) is 0 Å². The summed E-state index contributed by atoms with van der Waals surface area (Å²) in [6, 6.07) is 20.7. The van der Waals surface area contributed by atoms with Gasteiger partial charge in [0.2, 0.25) is 0 Å². The van der Waals surface area contributed by atoms with Crippen LogP contribution in [0.5, 0.6) is 0 Å². The summed E-state index contributed by atoms with van der Waals surface area (Å²) in [7, 11) is 0. The number of benzene rings is 2. The van der Waals surface area contributed by atoms with E-state index in [0.717, 1.165) is 24.2 Å². The minimum atomic E-state index is 0. The molecule has 0 fully saturated rings. The van der Waals surface area contributed by atoms with Crippen molar-refractivity contribution in [1.29, 1.82) is 0 Å². The zero-order valence-corrected chi connectivity index (χ0v) is 20.5. The van der Waals surface area contributed by atoms with Crippen LogP contribution >= 0.6 is 0 Å². The van der Waals surface area contributed by atoms with Gasteiger partial charge in [-0.2, -0.15) is 0 Å². The van der Waals surface area contributed by atoms with Crippen LogP contribution in [0.25, 0.3) is 0 Å². The molecule has 3 heteroatoms. The van der Waals surface area contributed by atoms with Gasteiger partial charge < -0.3 is 0 Å². The van der Waals surface area contributed by atoms with E-state index in [-0.39, 0.29) is 16.5 Å². The first-order valence-electron chi connectivity index (χ1n) is 12.1. The quantitative estimate of drug-likeness (QED) is 0.143. The summed E-state index contributed by atoms with van der Waals surface area (Å²) in [4.78, 5) is 10.1. The first kappa shape index (κ1) is 27.3. The van der Waals surface area contributed by atoms with E-state index in [2.05, 4.69) is 74.5 Å². The van der Waals surface area contributed by atoms with Crippen LogP contribution in [-0.4, -0.2) is 11.4 Å². The van der Waals surface area contributed by atoms with Crippen molar-refractivity contribution in [3.8, 4) is 0 Å². The third-order valence-electron chi connectivity index (χ3n) is 5.41. The second-order valence-corrected chi connectivity index (χ2v) is 8.12. The largest absolute Gasteiger partial charge is 0.252 e. The predicted molar refractivity (Wildman–Crippen MR) is 134 cm³/mol. The summed E-state index contributed by atoms with van der Waals surface area (Å²) in [6.07, 6.45) is 14.8. The van der Waals surface area contributed by atoms with Crippen molar-refractivity contribution in [2.24, 2.45) is 9.98 Å². The van der Waals surface area contributed by atoms with Gasteiger partial charge in [-0.25, -0.2) is 0 Å². The second-order valence-electron chi connectivity index (χ2n) is 8.12. The molecule has 0 saturated carbocycles. The Bertz CT molecular complexity index is 738. The van der Waals surface area contributed by atoms with Gasteiger partial charge in [0.05, 0.1) is 22.8 Å². The van der Waals surface area contributed by atoms with Crippen LogP contribution in [0.1, 0.15) is 90.9 Å². The van der Waals surface area contributed by atoms with Crippen LogP contribution in [0.3, 0.4) is 0 Å². The van der Waals surface area contributed by atoms with E-state index >= 15 is 0 Å². The van der Waals surface area contributed by atoms with Gasteiger partial charge in [-0.15, -0.1) is 0 Å². The van der Waals surface area contributed by atoms with Crippen LogP contribution in [0, 0.1) is 0 Å². The molecule has 0 amide bonds. The molecule has 0 aliphatic carbocycles. The third-order valence-corrected chi connectivity index (χ3v) is 5.41. The maximum absolute atomic E-state index is 5.07. The molecule has 0 atom stereocenters. The van der Waals surface area contributed by atoms with Crippen LogP contribution in [0.2, 0.25) is 0 Å². The Labute approximate surface area is 200 Å². The second kappa shape index (κ2) is 17.9. The third kappa shape index (κ3) is 12.0. The van der Waals surface area contributed by atoms with Gasteiger partial charge in [0.15, 0.2) is 0 Å². The molecule has 0 aliphatic heterocycles. The molecule has 2 aromatic rings. The Morgan fingerprint density at radius 2 is 0.871 bits per heavy atom. The molecule has 2 aromatic carbocycles. The molecule has 0 saturated heterocycles. The van der Waals surface area contributed by atoms with Crippen LogP contribution in [-0.2, 0) is 16.5 Å². The van der Waals surface area contributed by atoms with Gasteiger partial charge in [0.1, 0.15) is 0 Å². The molecular weight excluding hydrogens is 423 g/mol. The Morgan fingerprint density at radius 3 is 1.29 bits per heavy atom. The summed E-state index contributed by atoms with van der Waals surface area (Å²) in [6.45, 7) is 4.54. The topological polar surface area (TPSA) is 24.7 Å². The molecule has 2 rings (SSSR count). The normalized spacial score (nSPS) is 11.9. The summed E-state index contributed by atoms with van der Waals surface area (Å²) in [5, 5.41) is 0. The number of unbranched alkanes of at least 4 members (excludes halogenated alkanes) is 8. The fraction of sp³-hybridized carbons (Fsp3) is 0.500. The van der Waals surface area contributed by atoms with E-state index < -0.39 is 0 Å².